The normalized spacial score (nSPS) is 18.3. The van der Waals surface area contributed by atoms with Crippen LogP contribution in [-0.4, -0.2) is 35.7 Å². The van der Waals surface area contributed by atoms with Gasteiger partial charge in [-0.1, -0.05) is 18.2 Å². The van der Waals surface area contributed by atoms with Gasteiger partial charge in [-0.25, -0.2) is 0 Å². The number of carbonyl (C=O) groups excluding carboxylic acids is 1. The van der Waals surface area contributed by atoms with Crippen LogP contribution in [0.2, 0.25) is 5.02 Å². The zero-order chi connectivity index (χ0) is 22.4. The predicted molar refractivity (Wildman–Crippen MR) is 104 cm³/mol. The van der Waals surface area contributed by atoms with Crippen molar-refractivity contribution in [2.75, 3.05) is 13.2 Å². The minimum absolute atomic E-state index is 0.0593. The Labute approximate surface area is 181 Å². The molecule has 2 aromatic rings. The number of allylic oxidation sites excluding steroid dienone is 1. The van der Waals surface area contributed by atoms with Crippen LogP contribution in [0.4, 0.5) is 13.2 Å². The average molecular weight is 460 g/mol. The van der Waals surface area contributed by atoms with E-state index in [0.29, 0.717) is 53.9 Å². The van der Waals surface area contributed by atoms with E-state index in [1.165, 1.54) is 0 Å². The Morgan fingerprint density at radius 3 is 2.65 bits per heavy atom. The maximum absolute atomic E-state index is 12.1. The fourth-order valence-electron chi connectivity index (χ4n) is 3.05. The van der Waals surface area contributed by atoms with Crippen LogP contribution in [0.5, 0.6) is 5.75 Å². The number of halogens is 4. The third-order valence-corrected chi connectivity index (χ3v) is 4.94. The number of hydrogen-bond acceptors (Lipinski definition) is 6. The summed E-state index contributed by atoms with van der Waals surface area (Å²) in [5.74, 6) is 0.713. The topological polar surface area (TPSA) is 86.5 Å². The Morgan fingerprint density at radius 2 is 1.97 bits per heavy atom. The lowest BCUT2D eigenvalue weighted by Gasteiger charge is -2.32. The first-order valence-corrected chi connectivity index (χ1v) is 9.94. The van der Waals surface area contributed by atoms with Gasteiger partial charge in [0.1, 0.15) is 5.75 Å². The largest absolute Gasteiger partial charge is 0.522 e. The van der Waals surface area contributed by atoms with Gasteiger partial charge < -0.3 is 14.5 Å². The number of hydrogen-bond donors (Lipinski definition) is 1. The molecule has 1 aliphatic rings. The third-order valence-electron chi connectivity index (χ3n) is 4.69. The molecule has 1 amide bonds. The Kier molecular flexibility index (Phi) is 7.55. The molecular formula is C20H21ClF3N3O4. The van der Waals surface area contributed by atoms with E-state index in [4.69, 9.17) is 20.8 Å². The van der Waals surface area contributed by atoms with Gasteiger partial charge in [0.25, 0.3) is 5.91 Å². The number of benzene rings is 1. The summed E-state index contributed by atoms with van der Waals surface area (Å²) in [5, 5.41) is 11.1. The number of amides is 1. The van der Waals surface area contributed by atoms with Crippen molar-refractivity contribution >= 4 is 17.5 Å². The van der Waals surface area contributed by atoms with Gasteiger partial charge in [-0.2, -0.15) is 0 Å². The molecule has 7 nitrogen and oxygen atoms in total. The molecule has 1 saturated carbocycles. The lowest BCUT2D eigenvalue weighted by atomic mass is 9.75. The molecule has 1 fully saturated rings. The summed E-state index contributed by atoms with van der Waals surface area (Å²) in [6, 6.07) is 6.63. The molecule has 1 aliphatic carbocycles. The molecule has 0 saturated heterocycles. The SMILES string of the molecule is C=C(CCc1nnc([C@H]2C[C@@H](COC(F)(F)F)C2)o1)NC(=O)COc1ccc(Cl)cc1. The number of alkyl halides is 3. The van der Waals surface area contributed by atoms with Crippen LogP contribution in [0.15, 0.2) is 41.0 Å². The Morgan fingerprint density at radius 1 is 1.26 bits per heavy atom. The van der Waals surface area contributed by atoms with Gasteiger partial charge >= 0.3 is 6.36 Å². The first-order valence-electron chi connectivity index (χ1n) is 9.57. The van der Waals surface area contributed by atoms with Gasteiger partial charge in [-0.15, -0.1) is 23.4 Å². The molecule has 1 aromatic heterocycles. The van der Waals surface area contributed by atoms with Crippen LogP contribution in [0.1, 0.15) is 37.0 Å². The zero-order valence-electron chi connectivity index (χ0n) is 16.5. The highest BCUT2D eigenvalue weighted by Crippen LogP contribution is 2.41. The number of nitrogens with zero attached hydrogens (tertiary/aromatic N) is 2. The second-order valence-electron chi connectivity index (χ2n) is 7.22. The fraction of sp³-hybridized carbons (Fsp3) is 0.450. The standard InChI is InChI=1S/C20H21ClF3N3O4/c1-12(25-17(28)11-29-16-5-3-15(21)4-6-16)2-7-18-26-27-19(31-18)14-8-13(9-14)10-30-20(22,23)24/h3-6,13-14H,1-2,7-11H2,(H,25,28)/t13-,14+. The molecule has 0 radical (unpaired) electrons. The van der Waals surface area contributed by atoms with Gasteiger partial charge in [0.2, 0.25) is 11.8 Å². The van der Waals surface area contributed by atoms with E-state index in [1.807, 2.05) is 0 Å². The lowest BCUT2D eigenvalue weighted by Crippen LogP contribution is -2.29. The van der Waals surface area contributed by atoms with Crippen LogP contribution in [-0.2, 0) is 16.0 Å². The molecule has 1 aromatic carbocycles. The van der Waals surface area contributed by atoms with E-state index in [0.717, 1.165) is 0 Å². The van der Waals surface area contributed by atoms with E-state index in [1.54, 1.807) is 24.3 Å². The van der Waals surface area contributed by atoms with E-state index in [2.05, 4.69) is 26.8 Å². The molecule has 1 heterocycles. The van der Waals surface area contributed by atoms with Crippen molar-refractivity contribution in [2.24, 2.45) is 5.92 Å². The minimum atomic E-state index is -4.61. The molecule has 3 rings (SSSR count). The summed E-state index contributed by atoms with van der Waals surface area (Å²) < 4.78 is 50.9. The molecule has 31 heavy (non-hydrogen) atoms. The smallest absolute Gasteiger partial charge is 0.484 e. The van der Waals surface area contributed by atoms with E-state index in [9.17, 15) is 18.0 Å². The molecule has 168 valence electrons. The number of carbonyl (C=O) groups is 1. The molecule has 11 heteroatoms. The van der Waals surface area contributed by atoms with Gasteiger partial charge in [-0.05, 0) is 49.4 Å². The van der Waals surface area contributed by atoms with Crippen molar-refractivity contribution in [3.05, 3.63) is 53.3 Å². The highest BCUT2D eigenvalue weighted by molar-refractivity contribution is 6.30. The average Bonchev–Trinajstić information content (AvgIpc) is 3.12. The second-order valence-corrected chi connectivity index (χ2v) is 7.66. The number of aromatic nitrogens is 2. The van der Waals surface area contributed by atoms with Gasteiger partial charge in [0.15, 0.2) is 6.61 Å². The second kappa shape index (κ2) is 10.1. The van der Waals surface area contributed by atoms with Crippen molar-refractivity contribution in [3.63, 3.8) is 0 Å². The molecule has 0 spiro atoms. The Balaban J connectivity index is 1.33. The van der Waals surface area contributed by atoms with Crippen molar-refractivity contribution in [1.29, 1.82) is 0 Å². The highest BCUT2D eigenvalue weighted by atomic mass is 35.5. The summed E-state index contributed by atoms with van der Waals surface area (Å²) in [7, 11) is 0. The van der Waals surface area contributed by atoms with Gasteiger partial charge in [0, 0.05) is 23.1 Å². The summed E-state index contributed by atoms with van der Waals surface area (Å²) in [6.07, 6.45) is -2.83. The summed E-state index contributed by atoms with van der Waals surface area (Å²) in [4.78, 5) is 11.9. The summed E-state index contributed by atoms with van der Waals surface area (Å²) in [5.41, 5.74) is 0.470. The van der Waals surface area contributed by atoms with Crippen LogP contribution >= 0.6 is 11.6 Å². The van der Waals surface area contributed by atoms with Crippen LogP contribution in [0, 0.1) is 5.92 Å². The van der Waals surface area contributed by atoms with Crippen LogP contribution < -0.4 is 10.1 Å². The van der Waals surface area contributed by atoms with Crippen LogP contribution in [0.25, 0.3) is 0 Å². The maximum Gasteiger partial charge on any atom is 0.522 e. The number of aryl methyl sites for hydroxylation is 1. The molecule has 0 atom stereocenters. The van der Waals surface area contributed by atoms with E-state index in [-0.39, 0.29) is 31.0 Å². The summed E-state index contributed by atoms with van der Waals surface area (Å²) >= 11 is 5.79. The highest BCUT2D eigenvalue weighted by Gasteiger charge is 2.38. The maximum atomic E-state index is 12.1. The first-order chi connectivity index (χ1) is 14.7. The van der Waals surface area contributed by atoms with E-state index >= 15 is 0 Å². The molecular weight excluding hydrogens is 439 g/mol. The van der Waals surface area contributed by atoms with Crippen molar-refractivity contribution < 1.29 is 31.9 Å². The lowest BCUT2D eigenvalue weighted by molar-refractivity contribution is -0.330. The Bertz CT molecular complexity index is 896. The molecule has 1 N–H and O–H groups in total. The zero-order valence-corrected chi connectivity index (χ0v) is 17.2. The minimum Gasteiger partial charge on any atom is -0.484 e. The molecule has 0 bridgehead atoms. The number of ether oxygens (including phenoxy) is 2. The van der Waals surface area contributed by atoms with Gasteiger partial charge in [0.05, 0.1) is 6.61 Å². The predicted octanol–water partition coefficient (Wildman–Crippen LogP) is 4.39. The monoisotopic (exact) mass is 459 g/mol. The molecule has 0 aliphatic heterocycles. The van der Waals surface area contributed by atoms with Gasteiger partial charge in [-0.3, -0.25) is 9.53 Å². The fourth-order valence-corrected chi connectivity index (χ4v) is 3.18. The van der Waals surface area contributed by atoms with Crippen molar-refractivity contribution in [3.8, 4) is 5.75 Å². The first kappa shape index (κ1) is 23.1. The van der Waals surface area contributed by atoms with E-state index < -0.39 is 6.36 Å². The summed E-state index contributed by atoms with van der Waals surface area (Å²) in [6.45, 7) is 3.26. The molecule has 0 unspecified atom stereocenters. The Hall–Kier alpha value is -2.59. The number of nitrogens with one attached hydrogen (secondary N) is 1. The quantitative estimate of drug-likeness (QED) is 0.567. The van der Waals surface area contributed by atoms with Crippen molar-refractivity contribution in [2.45, 2.75) is 38.0 Å². The van der Waals surface area contributed by atoms with Crippen LogP contribution in [0.3, 0.4) is 0 Å². The third kappa shape index (κ3) is 7.55. The van der Waals surface area contributed by atoms with Crippen molar-refractivity contribution in [1.82, 2.24) is 15.5 Å². The number of rotatable bonds is 10.